The zero-order valence-corrected chi connectivity index (χ0v) is 14.1. The first-order valence-corrected chi connectivity index (χ1v) is 8.84. The number of aromatic nitrogens is 2. The Balaban J connectivity index is 1.53. The first-order valence-electron chi connectivity index (χ1n) is 8.84. The minimum Gasteiger partial charge on any atom is -0.378 e. The smallest absolute Gasteiger partial charge is 0.227 e. The lowest BCUT2D eigenvalue weighted by atomic mass is 9.55. The summed E-state index contributed by atoms with van der Waals surface area (Å²) in [7, 11) is 0. The molecule has 2 aliphatic rings. The van der Waals surface area contributed by atoms with Gasteiger partial charge in [0.2, 0.25) is 11.8 Å². The fourth-order valence-corrected chi connectivity index (χ4v) is 4.19. The van der Waals surface area contributed by atoms with Crippen molar-refractivity contribution in [2.24, 2.45) is 5.41 Å². The molecule has 1 N–H and O–H groups in total. The van der Waals surface area contributed by atoms with E-state index in [4.69, 9.17) is 9.26 Å². The summed E-state index contributed by atoms with van der Waals surface area (Å²) in [6.45, 7) is 4.58. The van der Waals surface area contributed by atoms with Gasteiger partial charge in [-0.15, -0.1) is 0 Å². The van der Waals surface area contributed by atoms with Crippen molar-refractivity contribution in [1.29, 1.82) is 0 Å². The SMILES string of the molecule is CCO[C@H]1C[C@H](NC(=O)CCc2nc(C)no2)C12CCCCC2. The van der Waals surface area contributed by atoms with Gasteiger partial charge in [0.15, 0.2) is 5.82 Å². The van der Waals surface area contributed by atoms with Crippen LogP contribution in [0, 0.1) is 12.3 Å². The molecule has 1 amide bonds. The Bertz CT molecular complexity index is 537. The highest BCUT2D eigenvalue weighted by Gasteiger charge is 2.55. The largest absolute Gasteiger partial charge is 0.378 e. The molecule has 3 rings (SSSR count). The average molecular weight is 321 g/mol. The summed E-state index contributed by atoms with van der Waals surface area (Å²) in [6.07, 6.45) is 8.30. The molecule has 0 unspecified atom stereocenters. The van der Waals surface area contributed by atoms with Gasteiger partial charge in [-0.2, -0.15) is 4.98 Å². The molecule has 6 heteroatoms. The predicted octanol–water partition coefficient (Wildman–Crippen LogP) is 2.55. The summed E-state index contributed by atoms with van der Waals surface area (Å²) >= 11 is 0. The van der Waals surface area contributed by atoms with E-state index in [2.05, 4.69) is 22.4 Å². The van der Waals surface area contributed by atoms with Gasteiger partial charge in [0, 0.05) is 30.9 Å². The van der Waals surface area contributed by atoms with E-state index in [1.165, 1.54) is 32.1 Å². The standard InChI is InChI=1S/C17H27N3O3/c1-3-22-14-11-13(17(14)9-5-4-6-10-17)19-15(21)7-8-16-18-12(2)20-23-16/h13-14H,3-11H2,1-2H3,(H,19,21)/t13-,14-/m0/s1. The van der Waals surface area contributed by atoms with Crippen LogP contribution in [0.5, 0.6) is 0 Å². The molecule has 0 aromatic carbocycles. The summed E-state index contributed by atoms with van der Waals surface area (Å²) in [4.78, 5) is 16.4. The summed E-state index contributed by atoms with van der Waals surface area (Å²) in [5.41, 5.74) is 0.172. The Kier molecular flexibility index (Phi) is 4.99. The summed E-state index contributed by atoms with van der Waals surface area (Å²) in [5, 5.41) is 6.98. The van der Waals surface area contributed by atoms with Gasteiger partial charge in [-0.05, 0) is 33.1 Å². The fraction of sp³-hybridized carbons (Fsp3) is 0.824. The molecule has 2 saturated carbocycles. The molecule has 0 bridgehead atoms. The van der Waals surface area contributed by atoms with Crippen LogP contribution in [0.2, 0.25) is 0 Å². The fourth-order valence-electron chi connectivity index (χ4n) is 4.19. The van der Waals surface area contributed by atoms with Crippen molar-refractivity contribution >= 4 is 5.91 Å². The van der Waals surface area contributed by atoms with E-state index in [0.29, 0.717) is 30.7 Å². The maximum atomic E-state index is 12.3. The predicted molar refractivity (Wildman–Crippen MR) is 84.8 cm³/mol. The minimum atomic E-state index is 0.0748. The lowest BCUT2D eigenvalue weighted by Gasteiger charge is -2.57. The number of hydrogen-bond donors (Lipinski definition) is 1. The van der Waals surface area contributed by atoms with E-state index in [1.54, 1.807) is 6.92 Å². The van der Waals surface area contributed by atoms with E-state index in [0.717, 1.165) is 13.0 Å². The van der Waals surface area contributed by atoms with Gasteiger partial charge in [0.1, 0.15) is 0 Å². The van der Waals surface area contributed by atoms with Crippen LogP contribution in [0.15, 0.2) is 4.52 Å². The van der Waals surface area contributed by atoms with Crippen LogP contribution in [0.4, 0.5) is 0 Å². The van der Waals surface area contributed by atoms with Gasteiger partial charge in [0.05, 0.1) is 6.10 Å². The van der Waals surface area contributed by atoms with Gasteiger partial charge in [-0.3, -0.25) is 4.79 Å². The Morgan fingerprint density at radius 3 is 2.83 bits per heavy atom. The van der Waals surface area contributed by atoms with E-state index in [-0.39, 0.29) is 17.4 Å². The maximum absolute atomic E-state index is 12.3. The third-order valence-corrected chi connectivity index (χ3v) is 5.41. The number of ether oxygens (including phenoxy) is 1. The molecule has 1 aromatic rings. The first-order chi connectivity index (χ1) is 11.1. The number of aryl methyl sites for hydroxylation is 2. The van der Waals surface area contributed by atoms with Crippen molar-refractivity contribution in [2.75, 3.05) is 6.61 Å². The van der Waals surface area contributed by atoms with E-state index in [1.807, 2.05) is 0 Å². The van der Waals surface area contributed by atoms with E-state index >= 15 is 0 Å². The average Bonchev–Trinajstić information content (AvgIpc) is 2.98. The molecule has 6 nitrogen and oxygen atoms in total. The molecule has 0 radical (unpaired) electrons. The van der Waals surface area contributed by atoms with Gasteiger partial charge in [0.25, 0.3) is 0 Å². The molecular weight excluding hydrogens is 294 g/mol. The topological polar surface area (TPSA) is 77.2 Å². The summed E-state index contributed by atoms with van der Waals surface area (Å²) in [5.74, 6) is 1.22. The number of nitrogens with zero attached hydrogens (tertiary/aromatic N) is 2. The second-order valence-electron chi connectivity index (χ2n) is 6.83. The third-order valence-electron chi connectivity index (χ3n) is 5.41. The van der Waals surface area contributed by atoms with Gasteiger partial charge < -0.3 is 14.6 Å². The van der Waals surface area contributed by atoms with E-state index in [9.17, 15) is 4.79 Å². The molecule has 2 atom stereocenters. The van der Waals surface area contributed by atoms with Gasteiger partial charge in [-0.1, -0.05) is 24.4 Å². The van der Waals surface area contributed by atoms with Crippen molar-refractivity contribution in [1.82, 2.24) is 15.5 Å². The molecule has 0 aliphatic heterocycles. The lowest BCUT2D eigenvalue weighted by molar-refractivity contribution is -0.157. The second-order valence-corrected chi connectivity index (χ2v) is 6.83. The maximum Gasteiger partial charge on any atom is 0.227 e. The molecule has 1 aromatic heterocycles. The van der Waals surface area contributed by atoms with Crippen molar-refractivity contribution in [3.8, 4) is 0 Å². The highest BCUT2D eigenvalue weighted by molar-refractivity contribution is 5.76. The molecule has 128 valence electrons. The van der Waals surface area contributed by atoms with Gasteiger partial charge >= 0.3 is 0 Å². The van der Waals surface area contributed by atoms with E-state index < -0.39 is 0 Å². The molecule has 1 spiro atoms. The molecular formula is C17H27N3O3. The van der Waals surface area contributed by atoms with Crippen LogP contribution in [-0.2, 0) is 16.0 Å². The van der Waals surface area contributed by atoms with Crippen LogP contribution < -0.4 is 5.32 Å². The van der Waals surface area contributed by atoms with Crippen LogP contribution >= 0.6 is 0 Å². The van der Waals surface area contributed by atoms with Crippen LogP contribution in [0.3, 0.4) is 0 Å². The molecule has 1 heterocycles. The number of nitrogens with one attached hydrogen (secondary N) is 1. The van der Waals surface area contributed by atoms with Crippen molar-refractivity contribution in [2.45, 2.75) is 77.4 Å². The Morgan fingerprint density at radius 1 is 1.39 bits per heavy atom. The highest BCUT2D eigenvalue weighted by atomic mass is 16.5. The normalized spacial score (nSPS) is 26.0. The number of hydrogen-bond acceptors (Lipinski definition) is 5. The summed E-state index contributed by atoms with van der Waals surface area (Å²) in [6, 6.07) is 0.260. The van der Waals surface area contributed by atoms with Crippen LogP contribution in [0.25, 0.3) is 0 Å². The van der Waals surface area contributed by atoms with Crippen molar-refractivity contribution in [3.63, 3.8) is 0 Å². The first kappa shape index (κ1) is 16.4. The highest BCUT2D eigenvalue weighted by Crippen LogP contribution is 2.53. The zero-order valence-electron chi connectivity index (χ0n) is 14.1. The number of carbonyl (C=O) groups is 1. The number of rotatable bonds is 6. The Labute approximate surface area is 137 Å². The number of carbonyl (C=O) groups excluding carboxylic acids is 1. The molecule has 23 heavy (non-hydrogen) atoms. The van der Waals surface area contributed by atoms with Crippen LogP contribution in [0.1, 0.15) is 63.6 Å². The third kappa shape index (κ3) is 3.42. The molecule has 2 aliphatic carbocycles. The lowest BCUT2D eigenvalue weighted by Crippen LogP contribution is -2.65. The Hall–Kier alpha value is -1.43. The van der Waals surface area contributed by atoms with Gasteiger partial charge in [-0.25, -0.2) is 0 Å². The van der Waals surface area contributed by atoms with Crippen molar-refractivity contribution < 1.29 is 14.1 Å². The monoisotopic (exact) mass is 321 g/mol. The second kappa shape index (κ2) is 6.99. The van der Waals surface area contributed by atoms with Crippen LogP contribution in [-0.4, -0.2) is 34.8 Å². The quantitative estimate of drug-likeness (QED) is 0.871. The minimum absolute atomic E-state index is 0.0748. The Morgan fingerprint density at radius 2 is 2.17 bits per heavy atom. The number of amides is 1. The van der Waals surface area contributed by atoms with Crippen molar-refractivity contribution in [3.05, 3.63) is 11.7 Å². The zero-order chi connectivity index (χ0) is 16.3. The summed E-state index contributed by atoms with van der Waals surface area (Å²) < 4.78 is 11.0. The molecule has 0 saturated heterocycles. The molecule has 2 fully saturated rings.